The quantitative estimate of drug-likeness (QED) is 0.668. The SMILES string of the molecule is C#CCCNC(=O)c1c(OCC)ccc2ccccc12. The Morgan fingerprint density at radius 1 is 1.30 bits per heavy atom. The van der Waals surface area contributed by atoms with Crippen molar-refractivity contribution in [3.8, 4) is 18.1 Å². The highest BCUT2D eigenvalue weighted by Crippen LogP contribution is 2.28. The summed E-state index contributed by atoms with van der Waals surface area (Å²) < 4.78 is 5.57. The highest BCUT2D eigenvalue weighted by molar-refractivity contribution is 6.09. The Morgan fingerprint density at radius 2 is 2.10 bits per heavy atom. The topological polar surface area (TPSA) is 38.3 Å². The van der Waals surface area contributed by atoms with E-state index in [1.807, 2.05) is 43.3 Å². The minimum atomic E-state index is -0.152. The molecule has 0 saturated carbocycles. The maximum absolute atomic E-state index is 12.4. The Hall–Kier alpha value is -2.47. The first-order valence-electron chi connectivity index (χ1n) is 6.64. The second-order valence-electron chi connectivity index (χ2n) is 4.30. The summed E-state index contributed by atoms with van der Waals surface area (Å²) in [6, 6.07) is 11.6. The van der Waals surface area contributed by atoms with E-state index < -0.39 is 0 Å². The average Bonchev–Trinajstić information content (AvgIpc) is 2.47. The van der Waals surface area contributed by atoms with Gasteiger partial charge in [-0.2, -0.15) is 0 Å². The Bertz CT molecular complexity index is 656. The lowest BCUT2D eigenvalue weighted by Gasteiger charge is -2.13. The van der Waals surface area contributed by atoms with E-state index in [0.717, 1.165) is 10.8 Å². The van der Waals surface area contributed by atoms with Crippen molar-refractivity contribution in [1.29, 1.82) is 0 Å². The molecule has 2 aromatic carbocycles. The molecule has 0 bridgehead atoms. The Kier molecular flexibility index (Phi) is 4.62. The third kappa shape index (κ3) is 2.92. The Morgan fingerprint density at radius 3 is 2.85 bits per heavy atom. The van der Waals surface area contributed by atoms with Crippen LogP contribution in [0, 0.1) is 12.3 Å². The number of rotatable bonds is 5. The summed E-state index contributed by atoms with van der Waals surface area (Å²) >= 11 is 0. The Balaban J connectivity index is 2.44. The predicted octanol–water partition coefficient (Wildman–Crippen LogP) is 2.99. The van der Waals surface area contributed by atoms with Gasteiger partial charge in [0.1, 0.15) is 5.75 Å². The fraction of sp³-hybridized carbons (Fsp3) is 0.235. The third-order valence-electron chi connectivity index (χ3n) is 2.97. The summed E-state index contributed by atoms with van der Waals surface area (Å²) in [7, 11) is 0. The van der Waals surface area contributed by atoms with Gasteiger partial charge < -0.3 is 10.1 Å². The second kappa shape index (κ2) is 6.63. The summed E-state index contributed by atoms with van der Waals surface area (Å²) in [6.07, 6.45) is 5.71. The molecule has 0 aliphatic heterocycles. The molecule has 1 amide bonds. The normalized spacial score (nSPS) is 10.0. The smallest absolute Gasteiger partial charge is 0.255 e. The molecule has 0 atom stereocenters. The van der Waals surface area contributed by atoms with Crippen LogP contribution in [0.1, 0.15) is 23.7 Å². The summed E-state index contributed by atoms with van der Waals surface area (Å²) in [6.45, 7) is 2.88. The van der Waals surface area contributed by atoms with Gasteiger partial charge in [-0.3, -0.25) is 4.79 Å². The minimum Gasteiger partial charge on any atom is -0.493 e. The van der Waals surface area contributed by atoms with E-state index in [0.29, 0.717) is 30.9 Å². The van der Waals surface area contributed by atoms with Crippen LogP contribution >= 0.6 is 0 Å². The first kappa shape index (κ1) is 14.0. The molecule has 3 heteroatoms. The van der Waals surface area contributed by atoms with Crippen molar-refractivity contribution in [2.75, 3.05) is 13.2 Å². The van der Waals surface area contributed by atoms with Crippen molar-refractivity contribution in [1.82, 2.24) is 5.32 Å². The molecule has 0 fully saturated rings. The van der Waals surface area contributed by atoms with E-state index in [2.05, 4.69) is 11.2 Å². The maximum Gasteiger partial charge on any atom is 0.255 e. The van der Waals surface area contributed by atoms with Crippen LogP contribution in [0.4, 0.5) is 0 Å². The van der Waals surface area contributed by atoms with Crippen molar-refractivity contribution < 1.29 is 9.53 Å². The van der Waals surface area contributed by atoms with Crippen molar-refractivity contribution in [2.45, 2.75) is 13.3 Å². The molecule has 0 radical (unpaired) electrons. The molecule has 0 heterocycles. The highest BCUT2D eigenvalue weighted by atomic mass is 16.5. The number of hydrogen-bond acceptors (Lipinski definition) is 2. The largest absolute Gasteiger partial charge is 0.493 e. The number of carbonyl (C=O) groups excluding carboxylic acids is 1. The van der Waals surface area contributed by atoms with Crippen LogP contribution in [-0.2, 0) is 0 Å². The predicted molar refractivity (Wildman–Crippen MR) is 80.9 cm³/mol. The standard InChI is InChI=1S/C17H17NO2/c1-3-5-12-18-17(19)16-14-9-7-6-8-13(14)10-11-15(16)20-4-2/h1,6-11H,4-5,12H2,2H3,(H,18,19). The summed E-state index contributed by atoms with van der Waals surface area (Å²) in [5, 5.41) is 4.73. The fourth-order valence-electron chi connectivity index (χ4n) is 2.10. The van der Waals surface area contributed by atoms with E-state index in [4.69, 9.17) is 11.2 Å². The molecule has 2 aromatic rings. The van der Waals surface area contributed by atoms with Gasteiger partial charge in [0, 0.05) is 13.0 Å². The lowest BCUT2D eigenvalue weighted by molar-refractivity contribution is 0.0952. The molecule has 0 unspecified atom stereocenters. The molecule has 102 valence electrons. The van der Waals surface area contributed by atoms with Crippen molar-refractivity contribution >= 4 is 16.7 Å². The highest BCUT2D eigenvalue weighted by Gasteiger charge is 2.15. The van der Waals surface area contributed by atoms with Gasteiger partial charge in [0.05, 0.1) is 12.2 Å². The number of benzene rings is 2. The molecule has 3 nitrogen and oxygen atoms in total. The molecule has 0 aromatic heterocycles. The number of nitrogens with one attached hydrogen (secondary N) is 1. The summed E-state index contributed by atoms with van der Waals surface area (Å²) in [5.74, 6) is 2.95. The maximum atomic E-state index is 12.4. The van der Waals surface area contributed by atoms with Gasteiger partial charge in [0.2, 0.25) is 0 Å². The number of carbonyl (C=O) groups is 1. The summed E-state index contributed by atoms with van der Waals surface area (Å²) in [5.41, 5.74) is 0.571. The van der Waals surface area contributed by atoms with E-state index in [9.17, 15) is 4.79 Å². The van der Waals surface area contributed by atoms with E-state index in [-0.39, 0.29) is 5.91 Å². The molecule has 0 aliphatic rings. The van der Waals surface area contributed by atoms with Crippen molar-refractivity contribution in [2.24, 2.45) is 0 Å². The van der Waals surface area contributed by atoms with Crippen LogP contribution in [0.15, 0.2) is 36.4 Å². The molecule has 2 rings (SSSR count). The zero-order valence-corrected chi connectivity index (χ0v) is 11.5. The van der Waals surface area contributed by atoms with Gasteiger partial charge in [0.25, 0.3) is 5.91 Å². The molecular formula is C17H17NO2. The van der Waals surface area contributed by atoms with Crippen LogP contribution < -0.4 is 10.1 Å². The van der Waals surface area contributed by atoms with Crippen molar-refractivity contribution in [3.05, 3.63) is 42.0 Å². The lowest BCUT2D eigenvalue weighted by atomic mass is 10.0. The molecule has 0 aliphatic carbocycles. The number of terminal acetylenes is 1. The van der Waals surface area contributed by atoms with Gasteiger partial charge in [-0.25, -0.2) is 0 Å². The zero-order valence-electron chi connectivity index (χ0n) is 11.5. The zero-order chi connectivity index (χ0) is 14.4. The van der Waals surface area contributed by atoms with E-state index >= 15 is 0 Å². The van der Waals surface area contributed by atoms with Crippen LogP contribution in [0.5, 0.6) is 5.75 Å². The van der Waals surface area contributed by atoms with Crippen LogP contribution in [0.2, 0.25) is 0 Å². The van der Waals surface area contributed by atoms with Gasteiger partial charge in [-0.15, -0.1) is 12.3 Å². The van der Waals surface area contributed by atoms with Gasteiger partial charge in [-0.05, 0) is 23.8 Å². The number of ether oxygens (including phenoxy) is 1. The molecule has 20 heavy (non-hydrogen) atoms. The first-order chi connectivity index (χ1) is 9.77. The molecule has 0 saturated heterocycles. The van der Waals surface area contributed by atoms with Crippen LogP contribution in [-0.4, -0.2) is 19.1 Å². The number of fused-ring (bicyclic) bond motifs is 1. The third-order valence-corrected chi connectivity index (χ3v) is 2.97. The lowest BCUT2D eigenvalue weighted by Crippen LogP contribution is -2.25. The fourth-order valence-corrected chi connectivity index (χ4v) is 2.10. The average molecular weight is 267 g/mol. The van der Waals surface area contributed by atoms with Crippen molar-refractivity contribution in [3.63, 3.8) is 0 Å². The van der Waals surface area contributed by atoms with Crippen LogP contribution in [0.25, 0.3) is 10.8 Å². The van der Waals surface area contributed by atoms with E-state index in [1.165, 1.54) is 0 Å². The van der Waals surface area contributed by atoms with E-state index in [1.54, 1.807) is 0 Å². The molecule has 1 N–H and O–H groups in total. The molecule has 0 spiro atoms. The van der Waals surface area contributed by atoms with Gasteiger partial charge in [-0.1, -0.05) is 30.3 Å². The second-order valence-corrected chi connectivity index (χ2v) is 4.30. The molecular weight excluding hydrogens is 250 g/mol. The first-order valence-corrected chi connectivity index (χ1v) is 6.64. The minimum absolute atomic E-state index is 0.152. The number of hydrogen-bond donors (Lipinski definition) is 1. The number of amides is 1. The van der Waals surface area contributed by atoms with Crippen LogP contribution in [0.3, 0.4) is 0 Å². The van der Waals surface area contributed by atoms with Gasteiger partial charge in [0.15, 0.2) is 0 Å². The Labute approximate surface area is 118 Å². The monoisotopic (exact) mass is 267 g/mol. The van der Waals surface area contributed by atoms with Gasteiger partial charge >= 0.3 is 0 Å². The summed E-state index contributed by atoms with van der Waals surface area (Å²) in [4.78, 5) is 12.4.